The Labute approximate surface area is 114 Å². The maximum absolute atomic E-state index is 12.2. The Morgan fingerprint density at radius 3 is 2.90 bits per heavy atom. The van der Waals surface area contributed by atoms with Gasteiger partial charge < -0.3 is 15.0 Å². The van der Waals surface area contributed by atoms with Gasteiger partial charge in [0.15, 0.2) is 5.82 Å². The third kappa shape index (κ3) is 3.51. The zero-order chi connectivity index (χ0) is 14.5. The maximum atomic E-state index is 12.2. The molecule has 1 aromatic heterocycles. The molecule has 1 heterocycles. The average Bonchev–Trinajstić information content (AvgIpc) is 2.88. The number of hydrogen-bond donors (Lipinski definition) is 1. The number of nitrogens with two attached hydrogens (primary N) is 1. The second kappa shape index (κ2) is 6.42. The number of halogens is 2. The van der Waals surface area contributed by atoms with Crippen LogP contribution in [0.2, 0.25) is 0 Å². The molecule has 0 aliphatic carbocycles. The summed E-state index contributed by atoms with van der Waals surface area (Å²) in [4.78, 5) is 4.17. The van der Waals surface area contributed by atoms with Gasteiger partial charge in [-0.2, -0.15) is 13.8 Å². The Balaban J connectivity index is 2.19. The van der Waals surface area contributed by atoms with E-state index in [-0.39, 0.29) is 17.7 Å². The molecule has 2 rings (SSSR count). The summed E-state index contributed by atoms with van der Waals surface area (Å²) in [6.45, 7) is -0.868. The number of rotatable bonds is 6. The molecule has 7 heteroatoms. The number of hydrogen-bond acceptors (Lipinski definition) is 5. The summed E-state index contributed by atoms with van der Waals surface area (Å²) in [7, 11) is 0. The summed E-state index contributed by atoms with van der Waals surface area (Å²) < 4.78 is 33.7. The fourth-order valence-electron chi connectivity index (χ4n) is 1.75. The fourth-order valence-corrected chi connectivity index (χ4v) is 1.75. The molecule has 0 spiro atoms. The second-order valence-electron chi connectivity index (χ2n) is 4.26. The Bertz CT molecular complexity index is 560. The van der Waals surface area contributed by atoms with Gasteiger partial charge in [0.2, 0.25) is 0 Å². The Hall–Kier alpha value is -2.02. The molecule has 0 aliphatic heterocycles. The van der Waals surface area contributed by atoms with Crippen molar-refractivity contribution in [2.75, 3.05) is 0 Å². The number of aromatic nitrogens is 2. The largest absolute Gasteiger partial charge is 0.435 e. The van der Waals surface area contributed by atoms with Crippen molar-refractivity contribution in [2.45, 2.75) is 32.4 Å². The van der Waals surface area contributed by atoms with Crippen LogP contribution in [0.25, 0.3) is 11.5 Å². The predicted molar refractivity (Wildman–Crippen MR) is 68.2 cm³/mol. The SMILES string of the molecule is CCCC(N)c1noc(-c2cccc(OC(F)F)c2)n1. The Morgan fingerprint density at radius 2 is 2.20 bits per heavy atom. The van der Waals surface area contributed by atoms with Crippen LogP contribution in [0.3, 0.4) is 0 Å². The summed E-state index contributed by atoms with van der Waals surface area (Å²) in [6.07, 6.45) is 1.65. The first kappa shape index (κ1) is 14.4. The lowest BCUT2D eigenvalue weighted by Gasteiger charge is -2.04. The van der Waals surface area contributed by atoms with Gasteiger partial charge in [0.25, 0.3) is 5.89 Å². The summed E-state index contributed by atoms with van der Waals surface area (Å²) in [5, 5.41) is 3.80. The summed E-state index contributed by atoms with van der Waals surface area (Å²) in [6, 6.07) is 5.78. The fraction of sp³-hybridized carbons (Fsp3) is 0.385. The standard InChI is InChI=1S/C13H15F2N3O2/c1-2-4-10(16)11-17-12(20-18-11)8-5-3-6-9(7-8)19-13(14)15/h3,5-7,10,13H,2,4,16H2,1H3. The minimum atomic E-state index is -2.87. The van der Waals surface area contributed by atoms with Crippen LogP contribution in [0.5, 0.6) is 5.75 Å². The quantitative estimate of drug-likeness (QED) is 0.881. The smallest absolute Gasteiger partial charge is 0.387 e. The van der Waals surface area contributed by atoms with E-state index in [4.69, 9.17) is 10.3 Å². The van der Waals surface area contributed by atoms with Crippen molar-refractivity contribution >= 4 is 0 Å². The van der Waals surface area contributed by atoms with Crippen LogP contribution >= 0.6 is 0 Å². The molecule has 0 bridgehead atoms. The highest BCUT2D eigenvalue weighted by Gasteiger charge is 2.15. The van der Waals surface area contributed by atoms with E-state index < -0.39 is 6.61 Å². The van der Waals surface area contributed by atoms with Crippen molar-refractivity contribution in [2.24, 2.45) is 5.73 Å². The maximum Gasteiger partial charge on any atom is 0.387 e. The number of ether oxygens (including phenoxy) is 1. The Kier molecular flexibility index (Phi) is 4.62. The van der Waals surface area contributed by atoms with E-state index in [1.54, 1.807) is 12.1 Å². The molecule has 5 nitrogen and oxygen atoms in total. The Morgan fingerprint density at radius 1 is 1.40 bits per heavy atom. The van der Waals surface area contributed by atoms with Crippen LogP contribution in [-0.4, -0.2) is 16.8 Å². The summed E-state index contributed by atoms with van der Waals surface area (Å²) >= 11 is 0. The second-order valence-corrected chi connectivity index (χ2v) is 4.26. The van der Waals surface area contributed by atoms with E-state index in [9.17, 15) is 8.78 Å². The first-order chi connectivity index (χ1) is 9.60. The number of nitrogens with zero attached hydrogens (tertiary/aromatic N) is 2. The van der Waals surface area contributed by atoms with Crippen LogP contribution in [0.15, 0.2) is 28.8 Å². The lowest BCUT2D eigenvalue weighted by molar-refractivity contribution is -0.0498. The predicted octanol–water partition coefficient (Wildman–Crippen LogP) is 3.14. The van der Waals surface area contributed by atoms with Gasteiger partial charge >= 0.3 is 6.61 Å². The minimum absolute atomic E-state index is 0.0371. The van der Waals surface area contributed by atoms with Crippen molar-refractivity contribution < 1.29 is 18.0 Å². The van der Waals surface area contributed by atoms with Gasteiger partial charge in [0, 0.05) is 5.56 Å². The minimum Gasteiger partial charge on any atom is -0.435 e. The molecule has 2 N–H and O–H groups in total. The molecule has 1 unspecified atom stereocenters. The molecule has 0 saturated carbocycles. The van der Waals surface area contributed by atoms with Gasteiger partial charge in [-0.05, 0) is 24.6 Å². The molecule has 0 radical (unpaired) electrons. The molecule has 0 fully saturated rings. The highest BCUT2D eigenvalue weighted by atomic mass is 19.3. The van der Waals surface area contributed by atoms with E-state index in [2.05, 4.69) is 14.9 Å². The van der Waals surface area contributed by atoms with Crippen LogP contribution in [0.4, 0.5) is 8.78 Å². The molecule has 0 amide bonds. The van der Waals surface area contributed by atoms with E-state index in [1.165, 1.54) is 12.1 Å². The molecule has 20 heavy (non-hydrogen) atoms. The van der Waals surface area contributed by atoms with E-state index in [1.807, 2.05) is 6.92 Å². The third-order valence-electron chi connectivity index (χ3n) is 2.68. The average molecular weight is 283 g/mol. The first-order valence-corrected chi connectivity index (χ1v) is 6.24. The van der Waals surface area contributed by atoms with Crippen molar-refractivity contribution in [1.82, 2.24) is 10.1 Å². The van der Waals surface area contributed by atoms with Gasteiger partial charge in [0.1, 0.15) is 5.75 Å². The van der Waals surface area contributed by atoms with E-state index in [0.29, 0.717) is 11.4 Å². The highest BCUT2D eigenvalue weighted by molar-refractivity contribution is 5.55. The van der Waals surface area contributed by atoms with Gasteiger partial charge in [-0.25, -0.2) is 0 Å². The van der Waals surface area contributed by atoms with Crippen LogP contribution in [0, 0.1) is 0 Å². The van der Waals surface area contributed by atoms with Gasteiger partial charge in [-0.1, -0.05) is 24.6 Å². The lowest BCUT2D eigenvalue weighted by atomic mass is 10.2. The molecular weight excluding hydrogens is 268 g/mol. The van der Waals surface area contributed by atoms with Crippen molar-refractivity contribution in [3.63, 3.8) is 0 Å². The first-order valence-electron chi connectivity index (χ1n) is 6.24. The molecule has 1 aromatic carbocycles. The van der Waals surface area contributed by atoms with Crippen molar-refractivity contribution in [1.29, 1.82) is 0 Å². The highest BCUT2D eigenvalue weighted by Crippen LogP contribution is 2.24. The third-order valence-corrected chi connectivity index (χ3v) is 2.68. The van der Waals surface area contributed by atoms with Crippen LogP contribution < -0.4 is 10.5 Å². The molecule has 0 aliphatic rings. The van der Waals surface area contributed by atoms with Crippen LogP contribution in [0.1, 0.15) is 31.6 Å². The zero-order valence-corrected chi connectivity index (χ0v) is 10.9. The van der Waals surface area contributed by atoms with Gasteiger partial charge in [-0.15, -0.1) is 0 Å². The van der Waals surface area contributed by atoms with Crippen LogP contribution in [-0.2, 0) is 0 Å². The monoisotopic (exact) mass is 283 g/mol. The lowest BCUT2D eigenvalue weighted by Crippen LogP contribution is -2.11. The van der Waals surface area contributed by atoms with E-state index in [0.717, 1.165) is 12.8 Å². The molecular formula is C13H15F2N3O2. The van der Waals surface area contributed by atoms with Crippen molar-refractivity contribution in [3.8, 4) is 17.2 Å². The molecule has 1 atom stereocenters. The molecule has 108 valence electrons. The summed E-state index contributed by atoms with van der Waals surface area (Å²) in [5.41, 5.74) is 6.39. The summed E-state index contributed by atoms with van der Waals surface area (Å²) in [5.74, 6) is 0.670. The molecule has 2 aromatic rings. The van der Waals surface area contributed by atoms with Gasteiger partial charge in [0.05, 0.1) is 6.04 Å². The number of alkyl halides is 2. The zero-order valence-electron chi connectivity index (χ0n) is 10.9. The number of benzene rings is 1. The normalized spacial score (nSPS) is 12.7. The topological polar surface area (TPSA) is 74.2 Å². The van der Waals surface area contributed by atoms with Gasteiger partial charge in [-0.3, -0.25) is 0 Å². The van der Waals surface area contributed by atoms with Crippen molar-refractivity contribution in [3.05, 3.63) is 30.1 Å². The van der Waals surface area contributed by atoms with E-state index >= 15 is 0 Å². The molecule has 0 saturated heterocycles.